The van der Waals surface area contributed by atoms with Crippen LogP contribution in [0.3, 0.4) is 0 Å². The summed E-state index contributed by atoms with van der Waals surface area (Å²) in [6.07, 6.45) is 0. The molecule has 4 nitrogen and oxygen atoms in total. The summed E-state index contributed by atoms with van der Waals surface area (Å²) in [5.74, 6) is 1.56. The summed E-state index contributed by atoms with van der Waals surface area (Å²) in [7, 11) is 0. The highest BCUT2D eigenvalue weighted by Crippen LogP contribution is 2.32. The topological polar surface area (TPSA) is 42.5 Å². The van der Waals surface area contributed by atoms with E-state index in [1.807, 2.05) is 54.6 Å². The highest BCUT2D eigenvalue weighted by molar-refractivity contribution is 7.80. The van der Waals surface area contributed by atoms with E-state index in [4.69, 9.17) is 21.7 Å². The van der Waals surface area contributed by atoms with Gasteiger partial charge in [-0.15, -0.1) is 0 Å². The number of anilines is 1. The molecular formula is C21H18N2O2S. The molecule has 5 heteroatoms. The van der Waals surface area contributed by atoms with Gasteiger partial charge in [-0.3, -0.25) is 0 Å². The number of thiocarbonyl (C=S) groups is 1. The minimum Gasteiger partial charge on any atom is -0.454 e. The molecule has 3 aromatic rings. The highest BCUT2D eigenvalue weighted by Gasteiger charge is 2.13. The van der Waals surface area contributed by atoms with E-state index in [2.05, 4.69) is 28.8 Å². The van der Waals surface area contributed by atoms with Crippen LogP contribution in [-0.4, -0.2) is 11.9 Å². The fraction of sp³-hybridized carbons (Fsp3) is 0.0952. The molecule has 1 aliphatic rings. The van der Waals surface area contributed by atoms with Crippen LogP contribution in [0.25, 0.3) is 11.1 Å². The van der Waals surface area contributed by atoms with Gasteiger partial charge in [-0.2, -0.15) is 0 Å². The van der Waals surface area contributed by atoms with Gasteiger partial charge in [-0.25, -0.2) is 0 Å². The van der Waals surface area contributed by atoms with Crippen molar-refractivity contribution >= 4 is 23.0 Å². The van der Waals surface area contributed by atoms with E-state index in [0.717, 1.165) is 33.9 Å². The summed E-state index contributed by atoms with van der Waals surface area (Å²) in [5, 5.41) is 7.11. The van der Waals surface area contributed by atoms with Gasteiger partial charge in [-0.1, -0.05) is 54.6 Å². The molecule has 0 bridgehead atoms. The number of hydrogen-bond donors (Lipinski definition) is 2. The van der Waals surface area contributed by atoms with E-state index < -0.39 is 0 Å². The number of para-hydroxylation sites is 1. The molecule has 0 aliphatic carbocycles. The maximum Gasteiger partial charge on any atom is 0.231 e. The van der Waals surface area contributed by atoms with E-state index in [9.17, 15) is 0 Å². The Bertz CT molecular complexity index is 928. The third-order valence-electron chi connectivity index (χ3n) is 4.15. The molecule has 130 valence electrons. The van der Waals surface area contributed by atoms with Crippen LogP contribution in [0.2, 0.25) is 0 Å². The molecule has 0 amide bonds. The van der Waals surface area contributed by atoms with Crippen molar-refractivity contribution in [3.05, 3.63) is 78.4 Å². The lowest BCUT2D eigenvalue weighted by Crippen LogP contribution is -2.28. The van der Waals surface area contributed by atoms with Gasteiger partial charge in [-0.05, 0) is 41.5 Å². The van der Waals surface area contributed by atoms with Crippen molar-refractivity contribution in [2.45, 2.75) is 6.54 Å². The number of nitrogens with one attached hydrogen (secondary N) is 2. The lowest BCUT2D eigenvalue weighted by molar-refractivity contribution is 0.174. The Balaban J connectivity index is 1.43. The molecule has 0 saturated heterocycles. The van der Waals surface area contributed by atoms with E-state index in [-0.39, 0.29) is 6.79 Å². The van der Waals surface area contributed by atoms with Crippen molar-refractivity contribution in [1.29, 1.82) is 0 Å². The van der Waals surface area contributed by atoms with Crippen LogP contribution in [0.4, 0.5) is 5.69 Å². The smallest absolute Gasteiger partial charge is 0.231 e. The molecular weight excluding hydrogens is 344 g/mol. The quantitative estimate of drug-likeness (QED) is 0.666. The predicted octanol–water partition coefficient (Wildman–Crippen LogP) is 4.57. The standard InChI is InChI=1S/C21H18N2O2S/c26-21(22-13-15-10-11-19-20(12-15)25-14-24-19)23-18-9-5-4-8-17(18)16-6-2-1-3-7-16/h1-12H,13-14H2,(H2,22,23,26). The minimum atomic E-state index is 0.280. The summed E-state index contributed by atoms with van der Waals surface area (Å²) >= 11 is 5.47. The Morgan fingerprint density at radius 2 is 1.65 bits per heavy atom. The van der Waals surface area contributed by atoms with Crippen LogP contribution in [0.15, 0.2) is 72.8 Å². The Hall–Kier alpha value is -3.05. The van der Waals surface area contributed by atoms with E-state index in [0.29, 0.717) is 11.7 Å². The van der Waals surface area contributed by atoms with Crippen molar-refractivity contribution in [1.82, 2.24) is 5.32 Å². The van der Waals surface area contributed by atoms with Gasteiger partial charge in [0, 0.05) is 17.8 Å². The number of benzene rings is 3. The van der Waals surface area contributed by atoms with Crippen molar-refractivity contribution < 1.29 is 9.47 Å². The molecule has 2 N–H and O–H groups in total. The first-order valence-electron chi connectivity index (χ1n) is 8.37. The zero-order valence-electron chi connectivity index (χ0n) is 14.1. The first-order valence-corrected chi connectivity index (χ1v) is 8.78. The first kappa shape index (κ1) is 16.4. The Kier molecular flexibility index (Phi) is 4.71. The molecule has 0 atom stereocenters. The van der Waals surface area contributed by atoms with Gasteiger partial charge in [0.15, 0.2) is 16.6 Å². The summed E-state index contributed by atoms with van der Waals surface area (Å²) in [6, 6.07) is 24.3. The first-order chi connectivity index (χ1) is 12.8. The average Bonchev–Trinajstić information content (AvgIpc) is 3.15. The molecule has 3 aromatic carbocycles. The summed E-state index contributed by atoms with van der Waals surface area (Å²) in [6.45, 7) is 0.887. The zero-order chi connectivity index (χ0) is 17.8. The van der Waals surface area contributed by atoms with Crippen LogP contribution in [0.1, 0.15) is 5.56 Å². The molecule has 1 heterocycles. The molecule has 0 fully saturated rings. The van der Waals surface area contributed by atoms with E-state index in [1.54, 1.807) is 0 Å². The lowest BCUT2D eigenvalue weighted by atomic mass is 10.0. The van der Waals surface area contributed by atoms with Crippen molar-refractivity contribution in [2.75, 3.05) is 12.1 Å². The second-order valence-electron chi connectivity index (χ2n) is 5.91. The number of rotatable bonds is 4. The maximum absolute atomic E-state index is 5.47. The van der Waals surface area contributed by atoms with Crippen LogP contribution >= 0.6 is 12.2 Å². The summed E-state index contributed by atoms with van der Waals surface area (Å²) < 4.78 is 10.7. The summed E-state index contributed by atoms with van der Waals surface area (Å²) in [5.41, 5.74) is 4.31. The molecule has 0 saturated carbocycles. The number of hydrogen-bond acceptors (Lipinski definition) is 3. The molecule has 0 spiro atoms. The fourth-order valence-corrected chi connectivity index (χ4v) is 3.04. The number of ether oxygens (including phenoxy) is 2. The largest absolute Gasteiger partial charge is 0.454 e. The molecule has 1 aliphatic heterocycles. The van der Waals surface area contributed by atoms with E-state index in [1.165, 1.54) is 0 Å². The van der Waals surface area contributed by atoms with Gasteiger partial charge < -0.3 is 20.1 Å². The second-order valence-corrected chi connectivity index (χ2v) is 6.32. The Labute approximate surface area is 157 Å². The predicted molar refractivity (Wildman–Crippen MR) is 108 cm³/mol. The van der Waals surface area contributed by atoms with Crippen LogP contribution in [-0.2, 0) is 6.54 Å². The molecule has 0 aromatic heterocycles. The SMILES string of the molecule is S=C(NCc1ccc2c(c1)OCO2)Nc1ccccc1-c1ccccc1. The van der Waals surface area contributed by atoms with Gasteiger partial charge >= 0.3 is 0 Å². The van der Waals surface area contributed by atoms with Crippen LogP contribution in [0, 0.1) is 0 Å². The van der Waals surface area contributed by atoms with Gasteiger partial charge in [0.25, 0.3) is 0 Å². The molecule has 0 unspecified atom stereocenters. The average molecular weight is 362 g/mol. The normalized spacial score (nSPS) is 11.8. The molecule has 26 heavy (non-hydrogen) atoms. The van der Waals surface area contributed by atoms with Crippen molar-refractivity contribution in [3.8, 4) is 22.6 Å². The molecule has 0 radical (unpaired) electrons. The van der Waals surface area contributed by atoms with Gasteiger partial charge in [0.05, 0.1) is 0 Å². The zero-order valence-corrected chi connectivity index (χ0v) is 14.9. The Morgan fingerprint density at radius 3 is 2.54 bits per heavy atom. The highest BCUT2D eigenvalue weighted by atomic mass is 32.1. The monoisotopic (exact) mass is 362 g/mol. The van der Waals surface area contributed by atoms with Crippen molar-refractivity contribution in [3.63, 3.8) is 0 Å². The number of fused-ring (bicyclic) bond motifs is 1. The third-order valence-corrected chi connectivity index (χ3v) is 4.40. The van der Waals surface area contributed by atoms with E-state index >= 15 is 0 Å². The third kappa shape index (κ3) is 3.63. The summed E-state index contributed by atoms with van der Waals surface area (Å²) in [4.78, 5) is 0. The Morgan fingerprint density at radius 1 is 0.885 bits per heavy atom. The maximum atomic E-state index is 5.47. The molecule has 4 rings (SSSR count). The fourth-order valence-electron chi connectivity index (χ4n) is 2.86. The second kappa shape index (κ2) is 7.45. The van der Waals surface area contributed by atoms with Gasteiger partial charge in [0.2, 0.25) is 6.79 Å². The minimum absolute atomic E-state index is 0.280. The van der Waals surface area contributed by atoms with Crippen LogP contribution in [0.5, 0.6) is 11.5 Å². The lowest BCUT2D eigenvalue weighted by Gasteiger charge is -2.14. The van der Waals surface area contributed by atoms with Gasteiger partial charge in [0.1, 0.15) is 0 Å². The van der Waals surface area contributed by atoms with Crippen molar-refractivity contribution in [2.24, 2.45) is 0 Å². The van der Waals surface area contributed by atoms with Crippen LogP contribution < -0.4 is 20.1 Å².